The highest BCUT2D eigenvalue weighted by molar-refractivity contribution is 4.77. The highest BCUT2D eigenvalue weighted by Gasteiger charge is 2.29. The number of alkyl halides is 3. The van der Waals surface area contributed by atoms with Gasteiger partial charge in [-0.05, 0) is 25.7 Å². The third-order valence-electron chi connectivity index (χ3n) is 2.73. The molecule has 0 aromatic carbocycles. The van der Waals surface area contributed by atoms with Crippen LogP contribution in [0.4, 0.5) is 13.2 Å². The Hall–Kier alpha value is -0.250. The number of hydrogen-bond acceptors (Lipinski definition) is 1. The number of nitrogens with one attached hydrogen (secondary N) is 1. The van der Waals surface area contributed by atoms with Crippen molar-refractivity contribution in [3.63, 3.8) is 0 Å². The van der Waals surface area contributed by atoms with Crippen molar-refractivity contribution in [3.8, 4) is 0 Å². The van der Waals surface area contributed by atoms with Crippen LogP contribution in [0.1, 0.15) is 32.6 Å². The molecule has 0 spiro atoms. The predicted octanol–water partition coefficient (Wildman–Crippen LogP) is 2.72. The first-order valence-corrected chi connectivity index (χ1v) is 4.79. The van der Waals surface area contributed by atoms with Crippen LogP contribution in [0.3, 0.4) is 0 Å². The van der Waals surface area contributed by atoms with Crippen LogP contribution in [0.15, 0.2) is 0 Å². The molecule has 1 atom stereocenters. The van der Waals surface area contributed by atoms with Crippen molar-refractivity contribution in [3.05, 3.63) is 0 Å². The van der Waals surface area contributed by atoms with Crippen LogP contribution in [-0.2, 0) is 0 Å². The molecule has 1 aliphatic carbocycles. The predicted molar refractivity (Wildman–Crippen MR) is 45.5 cm³/mol. The van der Waals surface area contributed by atoms with Crippen LogP contribution in [0.25, 0.3) is 0 Å². The minimum Gasteiger partial charge on any atom is -0.306 e. The van der Waals surface area contributed by atoms with Crippen molar-refractivity contribution >= 4 is 0 Å². The molecule has 1 saturated carbocycles. The summed E-state index contributed by atoms with van der Waals surface area (Å²) in [5, 5.41) is 2.54. The van der Waals surface area contributed by atoms with Crippen LogP contribution >= 0.6 is 0 Å². The molecule has 0 aromatic rings. The van der Waals surface area contributed by atoms with Gasteiger partial charge in [-0.3, -0.25) is 0 Å². The van der Waals surface area contributed by atoms with Gasteiger partial charge in [0.05, 0.1) is 6.54 Å². The van der Waals surface area contributed by atoms with E-state index in [0.717, 1.165) is 12.8 Å². The van der Waals surface area contributed by atoms with E-state index in [1.54, 1.807) is 0 Å². The Labute approximate surface area is 76.7 Å². The SMILES string of the molecule is C[C@@H](NCC(F)(F)F)C1CCCC1. The molecule has 0 radical (unpaired) electrons. The smallest absolute Gasteiger partial charge is 0.306 e. The molecule has 0 aromatic heterocycles. The summed E-state index contributed by atoms with van der Waals surface area (Å²) in [6.07, 6.45) is 0.413. The molecule has 0 bridgehead atoms. The van der Waals surface area contributed by atoms with Gasteiger partial charge in [0.1, 0.15) is 0 Å². The Morgan fingerprint density at radius 1 is 1.31 bits per heavy atom. The van der Waals surface area contributed by atoms with Crippen molar-refractivity contribution < 1.29 is 13.2 Å². The highest BCUT2D eigenvalue weighted by atomic mass is 19.4. The Morgan fingerprint density at radius 2 is 1.85 bits per heavy atom. The van der Waals surface area contributed by atoms with Crippen LogP contribution in [0, 0.1) is 5.92 Å². The van der Waals surface area contributed by atoms with E-state index in [9.17, 15) is 13.2 Å². The molecule has 1 rings (SSSR count). The summed E-state index contributed by atoms with van der Waals surface area (Å²) in [7, 11) is 0. The summed E-state index contributed by atoms with van der Waals surface area (Å²) in [6.45, 7) is 0.992. The summed E-state index contributed by atoms with van der Waals surface area (Å²) in [6, 6.07) is 0.00382. The van der Waals surface area contributed by atoms with Gasteiger partial charge in [0, 0.05) is 6.04 Å². The first-order valence-electron chi connectivity index (χ1n) is 4.79. The molecule has 78 valence electrons. The molecule has 1 fully saturated rings. The summed E-state index contributed by atoms with van der Waals surface area (Å²) in [5.74, 6) is 0.447. The van der Waals surface area contributed by atoms with Gasteiger partial charge in [-0.2, -0.15) is 13.2 Å². The van der Waals surface area contributed by atoms with Gasteiger partial charge in [0.2, 0.25) is 0 Å². The lowest BCUT2D eigenvalue weighted by molar-refractivity contribution is -0.126. The van der Waals surface area contributed by atoms with E-state index >= 15 is 0 Å². The largest absolute Gasteiger partial charge is 0.401 e. The molecule has 1 N–H and O–H groups in total. The molecule has 0 unspecified atom stereocenters. The number of hydrogen-bond donors (Lipinski definition) is 1. The summed E-state index contributed by atoms with van der Waals surface area (Å²) >= 11 is 0. The van der Waals surface area contributed by atoms with E-state index in [1.807, 2.05) is 6.92 Å². The molecule has 1 aliphatic rings. The minimum absolute atomic E-state index is 0.00382. The zero-order chi connectivity index (χ0) is 9.90. The second-order valence-corrected chi connectivity index (χ2v) is 3.83. The quantitative estimate of drug-likeness (QED) is 0.730. The van der Waals surface area contributed by atoms with Gasteiger partial charge >= 0.3 is 6.18 Å². The van der Waals surface area contributed by atoms with Gasteiger partial charge in [0.25, 0.3) is 0 Å². The van der Waals surface area contributed by atoms with Crippen molar-refractivity contribution in [1.29, 1.82) is 0 Å². The third-order valence-corrected chi connectivity index (χ3v) is 2.73. The Kier molecular flexibility index (Phi) is 3.59. The molecule has 1 nitrogen and oxygen atoms in total. The van der Waals surface area contributed by atoms with E-state index in [-0.39, 0.29) is 6.04 Å². The molecule has 0 aliphatic heterocycles. The molecule has 0 saturated heterocycles. The lowest BCUT2D eigenvalue weighted by atomic mass is 10.00. The standard InChI is InChI=1S/C9H16F3N/c1-7(8-4-2-3-5-8)13-6-9(10,11)12/h7-8,13H,2-6H2,1H3/t7-/m1/s1. The fourth-order valence-electron chi connectivity index (χ4n) is 1.90. The van der Waals surface area contributed by atoms with Gasteiger partial charge in [-0.1, -0.05) is 12.8 Å². The normalized spacial score (nSPS) is 22.2. The molecule has 13 heavy (non-hydrogen) atoms. The van der Waals surface area contributed by atoms with Crippen molar-refractivity contribution in [1.82, 2.24) is 5.32 Å². The van der Waals surface area contributed by atoms with Crippen LogP contribution in [0.5, 0.6) is 0 Å². The van der Waals surface area contributed by atoms with Crippen molar-refractivity contribution in [2.75, 3.05) is 6.54 Å². The maximum Gasteiger partial charge on any atom is 0.401 e. The third kappa shape index (κ3) is 3.98. The zero-order valence-electron chi connectivity index (χ0n) is 7.82. The maximum absolute atomic E-state index is 11.8. The average molecular weight is 195 g/mol. The maximum atomic E-state index is 11.8. The zero-order valence-corrected chi connectivity index (χ0v) is 7.82. The lowest BCUT2D eigenvalue weighted by Gasteiger charge is -2.21. The molecule has 4 heteroatoms. The van der Waals surface area contributed by atoms with Gasteiger partial charge in [-0.15, -0.1) is 0 Å². The monoisotopic (exact) mass is 195 g/mol. The molecule has 0 heterocycles. The van der Waals surface area contributed by atoms with Crippen molar-refractivity contribution in [2.45, 2.75) is 44.8 Å². The average Bonchev–Trinajstić information content (AvgIpc) is 2.50. The number of rotatable bonds is 3. The van der Waals surface area contributed by atoms with E-state index in [0.29, 0.717) is 5.92 Å². The summed E-state index contributed by atoms with van der Waals surface area (Å²) < 4.78 is 35.5. The fourth-order valence-corrected chi connectivity index (χ4v) is 1.90. The van der Waals surface area contributed by atoms with Crippen LogP contribution in [-0.4, -0.2) is 18.8 Å². The van der Waals surface area contributed by atoms with E-state index in [4.69, 9.17) is 0 Å². The molecular weight excluding hydrogens is 179 g/mol. The first kappa shape index (κ1) is 10.8. The fraction of sp³-hybridized carbons (Fsp3) is 1.00. The Balaban J connectivity index is 2.20. The van der Waals surface area contributed by atoms with Gasteiger partial charge < -0.3 is 5.32 Å². The van der Waals surface area contributed by atoms with E-state index < -0.39 is 12.7 Å². The second-order valence-electron chi connectivity index (χ2n) is 3.83. The van der Waals surface area contributed by atoms with Gasteiger partial charge in [0.15, 0.2) is 0 Å². The summed E-state index contributed by atoms with van der Waals surface area (Å²) in [4.78, 5) is 0. The Morgan fingerprint density at radius 3 is 2.31 bits per heavy atom. The summed E-state index contributed by atoms with van der Waals surface area (Å²) in [5.41, 5.74) is 0. The van der Waals surface area contributed by atoms with Crippen LogP contribution < -0.4 is 5.32 Å². The van der Waals surface area contributed by atoms with E-state index in [2.05, 4.69) is 5.32 Å². The highest BCUT2D eigenvalue weighted by Crippen LogP contribution is 2.27. The molecular formula is C9H16F3N. The van der Waals surface area contributed by atoms with Gasteiger partial charge in [-0.25, -0.2) is 0 Å². The van der Waals surface area contributed by atoms with Crippen molar-refractivity contribution in [2.24, 2.45) is 5.92 Å². The van der Waals surface area contributed by atoms with Crippen LogP contribution in [0.2, 0.25) is 0 Å². The molecule has 0 amide bonds. The van der Waals surface area contributed by atoms with E-state index in [1.165, 1.54) is 12.8 Å². The lowest BCUT2D eigenvalue weighted by Crippen LogP contribution is -2.38. The first-order chi connectivity index (χ1) is 5.99. The Bertz CT molecular complexity index is 149. The topological polar surface area (TPSA) is 12.0 Å². The minimum atomic E-state index is -4.08. The number of halogens is 3. The second kappa shape index (κ2) is 4.31.